The Kier molecular flexibility index (Phi) is 7.98. The monoisotopic (exact) mass is 268 g/mol. The quantitative estimate of drug-likeness (QED) is 0.735. The molecule has 18 heavy (non-hydrogen) atoms. The summed E-state index contributed by atoms with van der Waals surface area (Å²) in [7, 11) is 0. The lowest BCUT2D eigenvalue weighted by Gasteiger charge is -2.27. The van der Waals surface area contributed by atoms with Gasteiger partial charge in [-0.05, 0) is 12.8 Å². The minimum Gasteiger partial charge on any atom is -0.332 e. The van der Waals surface area contributed by atoms with Crippen LogP contribution in [0.3, 0.4) is 0 Å². The predicted octanol–water partition coefficient (Wildman–Crippen LogP) is 2.55. The molecule has 0 fully saturated rings. The van der Waals surface area contributed by atoms with E-state index < -0.39 is 18.6 Å². The summed E-state index contributed by atoms with van der Waals surface area (Å²) in [6, 6.07) is 0. The summed E-state index contributed by atoms with van der Waals surface area (Å²) in [4.78, 5) is 12.9. The summed E-state index contributed by atoms with van der Waals surface area (Å²) in [5.74, 6) is -0.743. The van der Waals surface area contributed by atoms with Crippen LogP contribution in [0.1, 0.15) is 39.5 Å². The van der Waals surface area contributed by atoms with Gasteiger partial charge in [0, 0.05) is 19.0 Å². The number of halogens is 3. The molecule has 0 saturated carbocycles. The van der Waals surface area contributed by atoms with Crippen molar-refractivity contribution in [3.05, 3.63) is 0 Å². The Morgan fingerprint density at radius 3 is 2.33 bits per heavy atom. The number of alkyl halides is 3. The molecule has 0 heterocycles. The summed E-state index contributed by atoms with van der Waals surface area (Å²) in [6.07, 6.45) is -1.37. The molecule has 3 nitrogen and oxygen atoms in total. The maximum atomic E-state index is 12.4. The van der Waals surface area contributed by atoms with Crippen molar-refractivity contribution < 1.29 is 18.0 Å². The van der Waals surface area contributed by atoms with Gasteiger partial charge in [0.25, 0.3) is 0 Å². The molecular weight excluding hydrogens is 245 g/mol. The van der Waals surface area contributed by atoms with E-state index in [-0.39, 0.29) is 19.0 Å². The first-order valence-electron chi connectivity index (χ1n) is 6.41. The Labute approximate surface area is 107 Å². The largest absolute Gasteiger partial charge is 0.406 e. The van der Waals surface area contributed by atoms with Gasteiger partial charge >= 0.3 is 6.18 Å². The molecule has 0 aliphatic heterocycles. The molecular formula is C12H23F3N2O. The van der Waals surface area contributed by atoms with Crippen molar-refractivity contribution in [2.45, 2.75) is 45.7 Å². The van der Waals surface area contributed by atoms with Gasteiger partial charge in [-0.15, -0.1) is 0 Å². The minimum atomic E-state index is -4.37. The number of rotatable bonds is 8. The van der Waals surface area contributed by atoms with Gasteiger partial charge in [-0.3, -0.25) is 4.79 Å². The van der Waals surface area contributed by atoms with Gasteiger partial charge in [0.15, 0.2) is 0 Å². The summed E-state index contributed by atoms with van der Waals surface area (Å²) in [6.45, 7) is 2.62. The van der Waals surface area contributed by atoms with E-state index in [0.29, 0.717) is 12.8 Å². The van der Waals surface area contributed by atoms with Crippen LogP contribution in [0.2, 0.25) is 0 Å². The second-order valence-electron chi connectivity index (χ2n) is 4.41. The van der Waals surface area contributed by atoms with Crippen LogP contribution in [0.25, 0.3) is 0 Å². The van der Waals surface area contributed by atoms with E-state index >= 15 is 0 Å². The smallest absolute Gasteiger partial charge is 0.332 e. The van der Waals surface area contributed by atoms with E-state index in [0.717, 1.165) is 17.7 Å². The van der Waals surface area contributed by atoms with Gasteiger partial charge in [0.2, 0.25) is 5.91 Å². The van der Waals surface area contributed by atoms with Crippen molar-refractivity contribution in [3.63, 3.8) is 0 Å². The third-order valence-corrected chi connectivity index (χ3v) is 2.83. The molecule has 108 valence electrons. The fourth-order valence-corrected chi connectivity index (χ4v) is 1.85. The highest BCUT2D eigenvalue weighted by molar-refractivity contribution is 5.78. The zero-order chi connectivity index (χ0) is 14.2. The molecule has 0 saturated heterocycles. The number of amides is 1. The second kappa shape index (κ2) is 8.34. The number of hydrogen-bond acceptors (Lipinski definition) is 2. The predicted molar refractivity (Wildman–Crippen MR) is 65.0 cm³/mol. The number of carbonyl (C=O) groups excluding carboxylic acids is 1. The van der Waals surface area contributed by atoms with E-state index in [1.807, 2.05) is 13.8 Å². The highest BCUT2D eigenvalue weighted by Crippen LogP contribution is 2.21. The fraction of sp³-hybridized carbons (Fsp3) is 0.917. The van der Waals surface area contributed by atoms with Gasteiger partial charge < -0.3 is 10.6 Å². The first-order chi connectivity index (χ1) is 8.35. The number of nitrogens with two attached hydrogens (primary N) is 1. The normalized spacial score (nSPS) is 13.4. The topological polar surface area (TPSA) is 46.3 Å². The lowest BCUT2D eigenvalue weighted by molar-refractivity contribution is -0.163. The van der Waals surface area contributed by atoms with Crippen LogP contribution in [0.4, 0.5) is 13.2 Å². The molecule has 0 spiro atoms. The van der Waals surface area contributed by atoms with E-state index in [2.05, 4.69) is 0 Å². The highest BCUT2D eigenvalue weighted by Gasteiger charge is 2.34. The lowest BCUT2D eigenvalue weighted by Crippen LogP contribution is -2.44. The second-order valence-corrected chi connectivity index (χ2v) is 4.41. The number of unbranched alkanes of at least 4 members (excludes halogenated alkanes) is 1. The molecule has 1 amide bonds. The molecule has 0 radical (unpaired) electrons. The van der Waals surface area contributed by atoms with Crippen molar-refractivity contribution >= 4 is 5.91 Å². The maximum Gasteiger partial charge on any atom is 0.406 e. The molecule has 6 heteroatoms. The standard InChI is InChI=1S/C12H23F3N2O/c1-3-5-6-10(4-2)11(18)17(8-7-16)9-12(13,14)15/h10H,3-9,16H2,1-2H3. The third-order valence-electron chi connectivity index (χ3n) is 2.83. The first kappa shape index (κ1) is 17.2. The van der Waals surface area contributed by atoms with E-state index in [1.165, 1.54) is 0 Å². The summed E-state index contributed by atoms with van der Waals surface area (Å²) < 4.78 is 37.1. The molecule has 2 N–H and O–H groups in total. The third kappa shape index (κ3) is 6.83. The number of nitrogens with zero attached hydrogens (tertiary/aromatic N) is 1. The SMILES string of the molecule is CCCCC(CC)C(=O)N(CCN)CC(F)(F)F. The van der Waals surface area contributed by atoms with Crippen LogP contribution in [-0.2, 0) is 4.79 Å². The van der Waals surface area contributed by atoms with Crippen molar-refractivity contribution in [2.75, 3.05) is 19.6 Å². The van der Waals surface area contributed by atoms with Crippen molar-refractivity contribution in [1.29, 1.82) is 0 Å². The molecule has 0 aromatic heterocycles. The molecule has 0 aromatic rings. The van der Waals surface area contributed by atoms with Gasteiger partial charge in [0.05, 0.1) is 0 Å². The molecule has 0 aliphatic rings. The van der Waals surface area contributed by atoms with Gasteiger partial charge in [-0.25, -0.2) is 0 Å². The zero-order valence-electron chi connectivity index (χ0n) is 11.1. The van der Waals surface area contributed by atoms with Crippen molar-refractivity contribution in [3.8, 4) is 0 Å². The Morgan fingerprint density at radius 2 is 1.94 bits per heavy atom. The van der Waals surface area contributed by atoms with Crippen LogP contribution in [0, 0.1) is 5.92 Å². The van der Waals surface area contributed by atoms with Crippen LogP contribution >= 0.6 is 0 Å². The van der Waals surface area contributed by atoms with Gasteiger partial charge in [-0.1, -0.05) is 26.7 Å². The van der Waals surface area contributed by atoms with Crippen LogP contribution in [-0.4, -0.2) is 36.6 Å². The van der Waals surface area contributed by atoms with Crippen molar-refractivity contribution in [2.24, 2.45) is 11.7 Å². The molecule has 1 atom stereocenters. The minimum absolute atomic E-state index is 0.0407. The van der Waals surface area contributed by atoms with E-state index in [9.17, 15) is 18.0 Å². The highest BCUT2D eigenvalue weighted by atomic mass is 19.4. The van der Waals surface area contributed by atoms with Crippen LogP contribution in [0.15, 0.2) is 0 Å². The van der Waals surface area contributed by atoms with Crippen molar-refractivity contribution in [1.82, 2.24) is 4.90 Å². The number of carbonyl (C=O) groups is 1. The lowest BCUT2D eigenvalue weighted by atomic mass is 9.97. The van der Waals surface area contributed by atoms with Gasteiger partial charge in [-0.2, -0.15) is 13.2 Å². The van der Waals surface area contributed by atoms with E-state index in [4.69, 9.17) is 5.73 Å². The average molecular weight is 268 g/mol. The Bertz CT molecular complexity index is 244. The Hall–Kier alpha value is -0.780. The maximum absolute atomic E-state index is 12.4. The van der Waals surface area contributed by atoms with Crippen LogP contribution < -0.4 is 5.73 Å². The van der Waals surface area contributed by atoms with E-state index in [1.54, 1.807) is 0 Å². The first-order valence-corrected chi connectivity index (χ1v) is 6.41. The molecule has 0 aromatic carbocycles. The molecule has 0 rings (SSSR count). The Balaban J connectivity index is 4.60. The molecule has 1 unspecified atom stereocenters. The average Bonchev–Trinajstić information content (AvgIpc) is 2.27. The number of hydrogen-bond donors (Lipinski definition) is 1. The summed E-state index contributed by atoms with van der Waals surface area (Å²) in [5.41, 5.74) is 5.27. The fourth-order valence-electron chi connectivity index (χ4n) is 1.85. The zero-order valence-corrected chi connectivity index (χ0v) is 11.1. The Morgan fingerprint density at radius 1 is 1.33 bits per heavy atom. The summed E-state index contributed by atoms with van der Waals surface area (Å²) >= 11 is 0. The van der Waals surface area contributed by atoms with Crippen LogP contribution in [0.5, 0.6) is 0 Å². The molecule has 0 aliphatic carbocycles. The molecule has 0 bridgehead atoms. The van der Waals surface area contributed by atoms with Gasteiger partial charge in [0.1, 0.15) is 6.54 Å². The summed E-state index contributed by atoms with van der Waals surface area (Å²) in [5, 5.41) is 0.